The summed E-state index contributed by atoms with van der Waals surface area (Å²) < 4.78 is 27.3. The highest BCUT2D eigenvalue weighted by atomic mass is 79.9. The van der Waals surface area contributed by atoms with E-state index in [0.717, 1.165) is 12.8 Å². The Balaban J connectivity index is 0.00000242. The molecule has 0 spiro atoms. The summed E-state index contributed by atoms with van der Waals surface area (Å²) in [6, 6.07) is 3.66. The van der Waals surface area contributed by atoms with Gasteiger partial charge in [0.1, 0.15) is 0 Å². The highest BCUT2D eigenvalue weighted by Crippen LogP contribution is 2.28. The van der Waals surface area contributed by atoms with Gasteiger partial charge < -0.3 is 5.73 Å². The van der Waals surface area contributed by atoms with E-state index in [2.05, 4.69) is 20.7 Å². The van der Waals surface area contributed by atoms with Crippen LogP contribution < -0.4 is 10.5 Å². The molecule has 0 aromatic heterocycles. The number of nitro groups is 1. The maximum atomic E-state index is 12.3. The highest BCUT2D eigenvalue weighted by molar-refractivity contribution is 9.10. The third kappa shape index (κ3) is 4.63. The molecular weight excluding hydrogens is 398 g/mol. The fourth-order valence-corrected chi connectivity index (χ4v) is 4.33. The summed E-state index contributed by atoms with van der Waals surface area (Å²) in [5.74, 6) is 0. The van der Waals surface area contributed by atoms with Gasteiger partial charge in [0.25, 0.3) is 5.69 Å². The molecule has 22 heavy (non-hydrogen) atoms. The lowest BCUT2D eigenvalue weighted by Gasteiger charge is -2.26. The Labute approximate surface area is 143 Å². The second-order valence-electron chi connectivity index (χ2n) is 5.10. The number of hydrogen-bond acceptors (Lipinski definition) is 5. The molecule has 0 bridgehead atoms. The first-order chi connectivity index (χ1) is 9.79. The van der Waals surface area contributed by atoms with E-state index in [1.807, 2.05) is 0 Å². The van der Waals surface area contributed by atoms with Crippen molar-refractivity contribution < 1.29 is 13.3 Å². The van der Waals surface area contributed by atoms with Crippen molar-refractivity contribution in [2.24, 2.45) is 5.73 Å². The fraction of sp³-hybridized carbons (Fsp3) is 0.500. The largest absolute Gasteiger partial charge is 0.328 e. The molecule has 1 fully saturated rings. The fourth-order valence-electron chi connectivity index (χ4n) is 2.33. The van der Waals surface area contributed by atoms with Crippen molar-refractivity contribution >= 4 is 44.0 Å². The quantitative estimate of drug-likeness (QED) is 0.579. The zero-order valence-electron chi connectivity index (χ0n) is 11.6. The van der Waals surface area contributed by atoms with Crippen molar-refractivity contribution in [2.45, 2.75) is 42.7 Å². The van der Waals surface area contributed by atoms with Gasteiger partial charge in [-0.15, -0.1) is 12.4 Å². The Morgan fingerprint density at radius 3 is 2.36 bits per heavy atom. The molecule has 2 rings (SSSR count). The van der Waals surface area contributed by atoms with E-state index in [-0.39, 0.29) is 39.5 Å². The van der Waals surface area contributed by atoms with Crippen LogP contribution in [0.5, 0.6) is 0 Å². The zero-order chi connectivity index (χ0) is 15.6. The number of benzene rings is 1. The molecule has 7 nitrogen and oxygen atoms in total. The lowest BCUT2D eigenvalue weighted by Crippen LogP contribution is -2.40. The molecule has 0 amide bonds. The van der Waals surface area contributed by atoms with Crippen LogP contribution in [0.1, 0.15) is 25.7 Å². The summed E-state index contributed by atoms with van der Waals surface area (Å²) in [6.45, 7) is 0. The number of hydrogen-bond donors (Lipinski definition) is 2. The maximum Gasteiger partial charge on any atom is 0.283 e. The predicted octanol–water partition coefficient (Wildman–Crippen LogP) is 2.33. The molecule has 1 saturated carbocycles. The molecule has 0 heterocycles. The second-order valence-corrected chi connectivity index (χ2v) is 7.67. The summed E-state index contributed by atoms with van der Waals surface area (Å²) in [4.78, 5) is 10.2. The van der Waals surface area contributed by atoms with Crippen LogP contribution in [-0.2, 0) is 10.0 Å². The SMILES string of the molecule is Cl.NC1CCC(NS(=O)(=O)c2ccc([N+](=O)[O-])c(Br)c2)CC1. The third-order valence-corrected chi connectivity index (χ3v) is 5.67. The van der Waals surface area contributed by atoms with Crippen molar-refractivity contribution in [1.82, 2.24) is 4.72 Å². The average Bonchev–Trinajstić information content (AvgIpc) is 2.40. The minimum absolute atomic E-state index is 0. The molecule has 10 heteroatoms. The first kappa shape index (κ1) is 19.3. The molecule has 0 atom stereocenters. The van der Waals surface area contributed by atoms with Gasteiger partial charge in [-0.3, -0.25) is 10.1 Å². The van der Waals surface area contributed by atoms with Crippen LogP contribution in [-0.4, -0.2) is 25.4 Å². The Hall–Kier alpha value is -0.740. The number of nitrogens with zero attached hydrogens (tertiary/aromatic N) is 1. The van der Waals surface area contributed by atoms with Gasteiger partial charge in [-0.25, -0.2) is 13.1 Å². The number of sulfonamides is 1. The van der Waals surface area contributed by atoms with Gasteiger partial charge >= 0.3 is 0 Å². The van der Waals surface area contributed by atoms with E-state index in [0.29, 0.717) is 12.8 Å². The van der Waals surface area contributed by atoms with E-state index < -0.39 is 14.9 Å². The number of nitrogens with one attached hydrogen (secondary N) is 1. The lowest BCUT2D eigenvalue weighted by atomic mass is 9.93. The van der Waals surface area contributed by atoms with Gasteiger partial charge in [0, 0.05) is 18.2 Å². The molecule has 0 radical (unpaired) electrons. The average molecular weight is 415 g/mol. The summed E-state index contributed by atoms with van der Waals surface area (Å²) in [5, 5.41) is 10.7. The molecule has 3 N–H and O–H groups in total. The molecule has 1 aliphatic rings. The van der Waals surface area contributed by atoms with Gasteiger partial charge in [0.15, 0.2) is 0 Å². The molecule has 0 saturated heterocycles. The van der Waals surface area contributed by atoms with Gasteiger partial charge in [-0.1, -0.05) is 0 Å². The predicted molar refractivity (Wildman–Crippen MR) is 88.6 cm³/mol. The molecule has 1 aromatic carbocycles. The van der Waals surface area contributed by atoms with Crippen LogP contribution in [0.25, 0.3) is 0 Å². The van der Waals surface area contributed by atoms with Gasteiger partial charge in [0.05, 0.1) is 14.3 Å². The summed E-state index contributed by atoms with van der Waals surface area (Å²) >= 11 is 3.02. The van der Waals surface area contributed by atoms with E-state index in [1.54, 1.807) is 0 Å². The Morgan fingerprint density at radius 2 is 1.86 bits per heavy atom. The first-order valence-electron chi connectivity index (χ1n) is 6.51. The van der Waals surface area contributed by atoms with E-state index in [9.17, 15) is 18.5 Å². The van der Waals surface area contributed by atoms with Crippen LogP contribution in [0.4, 0.5) is 5.69 Å². The number of nitrogens with two attached hydrogens (primary N) is 1. The maximum absolute atomic E-state index is 12.3. The minimum Gasteiger partial charge on any atom is -0.328 e. The van der Waals surface area contributed by atoms with Crippen LogP contribution in [0.15, 0.2) is 27.6 Å². The van der Waals surface area contributed by atoms with Crippen LogP contribution in [0, 0.1) is 10.1 Å². The van der Waals surface area contributed by atoms with Gasteiger partial charge in [-0.2, -0.15) is 0 Å². The van der Waals surface area contributed by atoms with Crippen LogP contribution in [0.2, 0.25) is 0 Å². The molecule has 1 aromatic rings. The minimum atomic E-state index is -3.69. The van der Waals surface area contributed by atoms with Crippen LogP contribution in [0.3, 0.4) is 0 Å². The Kier molecular flexibility index (Phi) is 6.75. The monoisotopic (exact) mass is 413 g/mol. The first-order valence-corrected chi connectivity index (χ1v) is 8.79. The molecular formula is C12H17BrClN3O4S. The summed E-state index contributed by atoms with van der Waals surface area (Å²) in [7, 11) is -3.69. The van der Waals surface area contributed by atoms with Crippen molar-refractivity contribution in [1.29, 1.82) is 0 Å². The Bertz CT molecular complexity index is 648. The summed E-state index contributed by atoms with van der Waals surface area (Å²) in [6.07, 6.45) is 2.98. The van der Waals surface area contributed by atoms with E-state index >= 15 is 0 Å². The van der Waals surface area contributed by atoms with Crippen molar-refractivity contribution in [3.8, 4) is 0 Å². The van der Waals surface area contributed by atoms with Gasteiger partial charge in [0.2, 0.25) is 10.0 Å². The smallest absolute Gasteiger partial charge is 0.283 e. The number of nitro benzene ring substituents is 1. The van der Waals surface area contributed by atoms with Crippen molar-refractivity contribution in [3.63, 3.8) is 0 Å². The summed E-state index contributed by atoms with van der Waals surface area (Å²) in [5.41, 5.74) is 5.62. The normalized spacial score (nSPS) is 21.9. The van der Waals surface area contributed by atoms with E-state index in [1.165, 1.54) is 18.2 Å². The van der Waals surface area contributed by atoms with Crippen molar-refractivity contribution in [2.75, 3.05) is 0 Å². The van der Waals surface area contributed by atoms with Crippen LogP contribution >= 0.6 is 28.3 Å². The topological polar surface area (TPSA) is 115 Å². The highest BCUT2D eigenvalue weighted by Gasteiger charge is 2.25. The number of halogens is 2. The number of rotatable bonds is 4. The zero-order valence-corrected chi connectivity index (χ0v) is 14.8. The standard InChI is InChI=1S/C12H16BrN3O4S.ClH/c13-11-7-10(5-6-12(11)16(17)18)21(19,20)15-9-3-1-8(14)2-4-9;/h5-9,15H,1-4,14H2;1H. The van der Waals surface area contributed by atoms with Gasteiger partial charge in [-0.05, 0) is 53.7 Å². The third-order valence-electron chi connectivity index (χ3n) is 3.52. The molecule has 0 unspecified atom stereocenters. The lowest BCUT2D eigenvalue weighted by molar-refractivity contribution is -0.385. The molecule has 1 aliphatic carbocycles. The molecule has 0 aliphatic heterocycles. The Morgan fingerprint density at radius 1 is 1.27 bits per heavy atom. The second kappa shape index (κ2) is 7.69. The molecule has 124 valence electrons. The van der Waals surface area contributed by atoms with E-state index in [4.69, 9.17) is 5.73 Å². The van der Waals surface area contributed by atoms with Crippen molar-refractivity contribution in [3.05, 3.63) is 32.8 Å².